The van der Waals surface area contributed by atoms with Crippen LogP contribution in [0.2, 0.25) is 0 Å². The van der Waals surface area contributed by atoms with Gasteiger partial charge in [-0.1, -0.05) is 0 Å². The number of carbonyl (C=O) groups excluding carboxylic acids is 3. The van der Waals surface area contributed by atoms with E-state index < -0.39 is 51.3 Å². The molecule has 0 aromatic heterocycles. The van der Waals surface area contributed by atoms with Gasteiger partial charge in [-0.15, -0.1) is 0 Å². The molecule has 0 fully saturated rings. The molecule has 0 saturated carbocycles. The van der Waals surface area contributed by atoms with Crippen molar-refractivity contribution < 1.29 is 42.1 Å². The molecule has 196 valence electrons. The smallest absolute Gasteiger partial charge is 0.410 e. The highest BCUT2D eigenvalue weighted by Gasteiger charge is 2.41. The predicted molar refractivity (Wildman–Crippen MR) is 125 cm³/mol. The van der Waals surface area contributed by atoms with Gasteiger partial charge in [0.2, 0.25) is 5.84 Å². The molecular formula is C25H24F3N3O6. The van der Waals surface area contributed by atoms with Gasteiger partial charge in [-0.3, -0.25) is 0 Å². The Morgan fingerprint density at radius 2 is 1.68 bits per heavy atom. The molecule has 0 saturated heterocycles. The first-order chi connectivity index (χ1) is 17.3. The summed E-state index contributed by atoms with van der Waals surface area (Å²) < 4.78 is 49.8. The van der Waals surface area contributed by atoms with Crippen molar-refractivity contribution in [3.8, 4) is 5.75 Å². The van der Waals surface area contributed by atoms with E-state index in [0.717, 1.165) is 6.07 Å². The number of benzene rings is 2. The number of halogens is 3. The molecule has 2 aromatic carbocycles. The number of quaternary nitrogens is 1. The molecule has 1 aliphatic rings. The lowest BCUT2D eigenvalue weighted by Crippen LogP contribution is -2.59. The molecule has 1 atom stereocenters. The van der Waals surface area contributed by atoms with E-state index >= 15 is 0 Å². The van der Waals surface area contributed by atoms with Crippen LogP contribution in [0.25, 0.3) is 0 Å². The Balaban J connectivity index is 1.77. The maximum atomic E-state index is 13.9. The van der Waals surface area contributed by atoms with E-state index in [1.807, 2.05) is 0 Å². The summed E-state index contributed by atoms with van der Waals surface area (Å²) in [5.74, 6) is -6.20. The number of esters is 1. The van der Waals surface area contributed by atoms with E-state index in [-0.39, 0.29) is 30.2 Å². The molecule has 9 nitrogen and oxygen atoms in total. The first kappa shape index (κ1) is 27.4. The average molecular weight is 519 g/mol. The van der Waals surface area contributed by atoms with Crippen molar-refractivity contribution in [2.75, 3.05) is 13.6 Å². The second-order valence-electron chi connectivity index (χ2n) is 9.09. The Bertz CT molecular complexity index is 1290. The fourth-order valence-electron chi connectivity index (χ4n) is 3.44. The molecule has 0 bridgehead atoms. The maximum Gasteiger partial charge on any atom is 0.410 e. The number of nitrogens with zero attached hydrogens (tertiary/aromatic N) is 3. The standard InChI is InChI=1S/C25H24F3N3O6/c1-25(2,3)37-23(33)30(4)13-11-19-29-12-14-31(19,24(34)35)15-5-7-16(8-6-15)36-22(32)17-9-10-18(26)21(28)20(17)27/h5-10,12,14H,11,13H2,1-4H3. The lowest BCUT2D eigenvalue weighted by Gasteiger charge is -2.32. The largest absolute Gasteiger partial charge is 0.497 e. The molecule has 0 aliphatic carbocycles. The second kappa shape index (κ2) is 10.4. The highest BCUT2D eigenvalue weighted by Crippen LogP contribution is 2.31. The van der Waals surface area contributed by atoms with Crippen molar-refractivity contribution in [2.24, 2.45) is 4.99 Å². The fraction of sp³-hybridized carbons (Fsp3) is 0.280. The van der Waals surface area contributed by atoms with Gasteiger partial charge in [0.05, 0.1) is 18.2 Å². The van der Waals surface area contributed by atoms with Crippen molar-refractivity contribution in [1.29, 1.82) is 0 Å². The van der Waals surface area contributed by atoms with Gasteiger partial charge in [0.1, 0.15) is 23.2 Å². The molecule has 0 radical (unpaired) electrons. The van der Waals surface area contributed by atoms with Crippen molar-refractivity contribution in [3.05, 3.63) is 71.8 Å². The van der Waals surface area contributed by atoms with Gasteiger partial charge in [-0.2, -0.15) is 4.48 Å². The van der Waals surface area contributed by atoms with Crippen LogP contribution in [0.15, 0.2) is 53.8 Å². The predicted octanol–water partition coefficient (Wildman–Crippen LogP) is 4.11. The van der Waals surface area contributed by atoms with Crippen molar-refractivity contribution in [3.63, 3.8) is 0 Å². The van der Waals surface area contributed by atoms with Crippen molar-refractivity contribution >= 4 is 29.7 Å². The second-order valence-corrected chi connectivity index (χ2v) is 9.09. The summed E-state index contributed by atoms with van der Waals surface area (Å²) in [6, 6.07) is 6.46. The van der Waals surface area contributed by atoms with Crippen molar-refractivity contribution in [2.45, 2.75) is 32.8 Å². The van der Waals surface area contributed by atoms with E-state index in [4.69, 9.17) is 9.47 Å². The Morgan fingerprint density at radius 1 is 1.03 bits per heavy atom. The Hall–Kier alpha value is -4.19. The zero-order valence-electron chi connectivity index (χ0n) is 20.5. The number of rotatable bonds is 6. The van der Waals surface area contributed by atoms with Crippen LogP contribution in [0.1, 0.15) is 37.6 Å². The molecule has 0 spiro atoms. The first-order valence-corrected chi connectivity index (χ1v) is 11.0. The summed E-state index contributed by atoms with van der Waals surface area (Å²) in [5.41, 5.74) is -1.36. The third-order valence-electron chi connectivity index (χ3n) is 5.29. The third-order valence-corrected chi connectivity index (χ3v) is 5.29. The number of ether oxygens (including phenoxy) is 2. The number of amides is 2. The molecule has 1 unspecified atom stereocenters. The SMILES string of the molecule is CN(CCC1=NC=C[N+]1(C(=O)[O-])c1ccc(OC(=O)c2ccc(F)c(F)c2F)cc1)C(=O)OC(C)(C)C. The maximum absolute atomic E-state index is 13.9. The number of aliphatic imine (C=N–C) groups is 1. The van der Waals surface area contributed by atoms with Gasteiger partial charge in [-0.05, 0) is 45.0 Å². The van der Waals surface area contributed by atoms with E-state index in [2.05, 4.69) is 4.99 Å². The fourth-order valence-corrected chi connectivity index (χ4v) is 3.44. The number of amidine groups is 1. The Morgan fingerprint density at radius 3 is 2.27 bits per heavy atom. The zero-order valence-corrected chi connectivity index (χ0v) is 20.5. The van der Waals surface area contributed by atoms with Crippen LogP contribution < -0.4 is 14.3 Å². The minimum Gasteiger partial charge on any atom is -0.497 e. The van der Waals surface area contributed by atoms with Crippen molar-refractivity contribution in [1.82, 2.24) is 9.38 Å². The summed E-state index contributed by atoms with van der Waals surface area (Å²) in [5, 5.41) is 12.3. The summed E-state index contributed by atoms with van der Waals surface area (Å²) in [7, 11) is 1.50. The van der Waals surface area contributed by atoms with Crippen LogP contribution in [0.4, 0.5) is 28.4 Å². The lowest BCUT2D eigenvalue weighted by molar-refractivity contribution is -0.257. The monoisotopic (exact) mass is 519 g/mol. The third kappa shape index (κ3) is 5.80. The molecule has 0 N–H and O–H groups in total. The molecule has 2 amide bonds. The van der Waals surface area contributed by atoms with Crippen LogP contribution in [-0.4, -0.2) is 48.1 Å². The lowest BCUT2D eigenvalue weighted by atomic mass is 10.2. The zero-order chi connectivity index (χ0) is 27.5. The number of hydrogen-bond acceptors (Lipinski definition) is 7. The topological polar surface area (TPSA) is 108 Å². The van der Waals surface area contributed by atoms with Gasteiger partial charge in [0.25, 0.3) is 6.09 Å². The minimum absolute atomic E-state index is 0.0584. The molecule has 1 aliphatic heterocycles. The van der Waals surface area contributed by atoms with E-state index in [1.165, 1.54) is 48.6 Å². The molecule has 1 heterocycles. The minimum atomic E-state index is -1.81. The molecule has 2 aromatic rings. The molecular weight excluding hydrogens is 495 g/mol. The van der Waals surface area contributed by atoms with Gasteiger partial charge < -0.3 is 24.3 Å². The number of carbonyl (C=O) groups is 3. The van der Waals surface area contributed by atoms with Crippen LogP contribution in [0.3, 0.4) is 0 Å². The highest BCUT2D eigenvalue weighted by molar-refractivity contribution is 6.10. The van der Waals surface area contributed by atoms with Crippen LogP contribution in [0.5, 0.6) is 5.75 Å². The molecule has 12 heteroatoms. The van der Waals surface area contributed by atoms with Crippen LogP contribution >= 0.6 is 0 Å². The normalized spacial score (nSPS) is 16.8. The van der Waals surface area contributed by atoms with Gasteiger partial charge in [-0.25, -0.2) is 27.8 Å². The Labute approximate surface area is 210 Å². The first-order valence-electron chi connectivity index (χ1n) is 11.0. The van der Waals surface area contributed by atoms with Crippen LogP contribution in [-0.2, 0) is 4.74 Å². The number of carboxylic acid groups (broad SMARTS) is 1. The Kier molecular flexibility index (Phi) is 7.72. The molecule has 3 rings (SSSR count). The quantitative estimate of drug-likeness (QED) is 0.246. The van der Waals surface area contributed by atoms with Gasteiger partial charge >= 0.3 is 12.1 Å². The summed E-state index contributed by atoms with van der Waals surface area (Å²) in [4.78, 5) is 42.2. The number of hydrogen-bond donors (Lipinski definition) is 0. The van der Waals surface area contributed by atoms with Gasteiger partial charge in [0, 0.05) is 25.7 Å². The summed E-state index contributed by atoms with van der Waals surface area (Å²) in [6.07, 6.45) is 0.507. The molecule has 37 heavy (non-hydrogen) atoms. The van der Waals surface area contributed by atoms with E-state index in [0.29, 0.717) is 6.07 Å². The van der Waals surface area contributed by atoms with Gasteiger partial charge in [0.15, 0.2) is 17.5 Å². The van der Waals surface area contributed by atoms with E-state index in [9.17, 15) is 32.7 Å². The van der Waals surface area contributed by atoms with E-state index in [1.54, 1.807) is 20.8 Å². The van der Waals surface area contributed by atoms with Crippen LogP contribution in [0, 0.1) is 17.5 Å². The summed E-state index contributed by atoms with van der Waals surface area (Å²) >= 11 is 0. The highest BCUT2D eigenvalue weighted by atomic mass is 19.2. The average Bonchev–Trinajstić information content (AvgIpc) is 3.25. The summed E-state index contributed by atoms with van der Waals surface area (Å²) in [6.45, 7) is 5.25.